The third kappa shape index (κ3) is 6.66. The number of hydrogen-bond acceptors (Lipinski definition) is 1. The van der Waals surface area contributed by atoms with Crippen LogP contribution in [0.5, 0.6) is 0 Å². The molecule has 0 saturated heterocycles. The first-order valence-corrected chi connectivity index (χ1v) is 5.46. The zero-order valence-electron chi connectivity index (χ0n) is 8.97. The summed E-state index contributed by atoms with van der Waals surface area (Å²) < 4.78 is 0. The Hall–Kier alpha value is -0.0400. The quantitative estimate of drug-likeness (QED) is 0.624. The van der Waals surface area contributed by atoms with Gasteiger partial charge in [0.1, 0.15) is 0 Å². The van der Waals surface area contributed by atoms with E-state index in [1.807, 2.05) is 0 Å². The predicted molar refractivity (Wildman–Crippen MR) is 56.2 cm³/mol. The molecule has 0 amide bonds. The molecule has 0 bridgehead atoms. The average Bonchev–Trinajstić information content (AvgIpc) is 2.02. The topological polar surface area (TPSA) is 26.0 Å². The molecule has 0 aliphatic heterocycles. The highest BCUT2D eigenvalue weighted by molar-refractivity contribution is 4.62. The maximum atomic E-state index is 5.93. The zero-order chi connectivity index (χ0) is 9.40. The highest BCUT2D eigenvalue weighted by Crippen LogP contribution is 2.14. The summed E-state index contributed by atoms with van der Waals surface area (Å²) >= 11 is 0. The van der Waals surface area contributed by atoms with Crippen LogP contribution in [0.25, 0.3) is 0 Å². The molecule has 2 atom stereocenters. The second-order valence-corrected chi connectivity index (χ2v) is 4.02. The molecule has 0 spiro atoms. The van der Waals surface area contributed by atoms with Crippen LogP contribution in [0.1, 0.15) is 59.3 Å². The Balaban J connectivity index is 3.27. The molecular formula is C11H25N. The van der Waals surface area contributed by atoms with Gasteiger partial charge < -0.3 is 5.73 Å². The van der Waals surface area contributed by atoms with Gasteiger partial charge in [-0.3, -0.25) is 0 Å². The first-order chi connectivity index (χ1) is 5.70. The molecule has 0 radical (unpaired) electrons. The van der Waals surface area contributed by atoms with Crippen molar-refractivity contribution in [1.29, 1.82) is 0 Å². The molecule has 0 saturated carbocycles. The smallest absolute Gasteiger partial charge is 0.00388 e. The van der Waals surface area contributed by atoms with Crippen molar-refractivity contribution in [2.75, 3.05) is 0 Å². The Morgan fingerprint density at radius 3 is 2.00 bits per heavy atom. The van der Waals surface area contributed by atoms with Crippen molar-refractivity contribution in [3.8, 4) is 0 Å². The summed E-state index contributed by atoms with van der Waals surface area (Å²) in [6.45, 7) is 6.79. The van der Waals surface area contributed by atoms with E-state index in [4.69, 9.17) is 5.73 Å². The van der Waals surface area contributed by atoms with Crippen molar-refractivity contribution in [2.24, 2.45) is 11.7 Å². The van der Waals surface area contributed by atoms with Crippen LogP contribution in [-0.2, 0) is 0 Å². The monoisotopic (exact) mass is 171 g/mol. The normalized spacial score (nSPS) is 16.0. The lowest BCUT2D eigenvalue weighted by Crippen LogP contribution is -2.20. The lowest BCUT2D eigenvalue weighted by Gasteiger charge is -2.13. The van der Waals surface area contributed by atoms with Gasteiger partial charge in [0, 0.05) is 6.04 Å². The largest absolute Gasteiger partial charge is 0.328 e. The summed E-state index contributed by atoms with van der Waals surface area (Å²) in [5.74, 6) is 0.873. The first kappa shape index (κ1) is 12.0. The minimum atomic E-state index is 0.453. The maximum Gasteiger partial charge on any atom is 0.00388 e. The molecule has 0 aromatic heterocycles. The predicted octanol–water partition coefficient (Wildman–Crippen LogP) is 3.33. The fourth-order valence-corrected chi connectivity index (χ4v) is 1.65. The van der Waals surface area contributed by atoms with Crippen LogP contribution in [0.4, 0.5) is 0 Å². The molecule has 74 valence electrons. The van der Waals surface area contributed by atoms with Gasteiger partial charge in [0.15, 0.2) is 0 Å². The average molecular weight is 171 g/mol. The Labute approximate surface area is 77.7 Å². The fourth-order valence-electron chi connectivity index (χ4n) is 1.65. The maximum absolute atomic E-state index is 5.93. The molecule has 0 fully saturated rings. The van der Waals surface area contributed by atoms with Crippen molar-refractivity contribution in [1.82, 2.24) is 0 Å². The summed E-state index contributed by atoms with van der Waals surface area (Å²) in [5.41, 5.74) is 5.93. The molecular weight excluding hydrogens is 146 g/mol. The summed E-state index contributed by atoms with van der Waals surface area (Å²) in [6, 6.07) is 0.453. The standard InChI is InChI=1S/C11H25N/c1-4-6-10(3)8-9-11(12)7-5-2/h10-11H,4-9,12H2,1-3H3. The first-order valence-electron chi connectivity index (χ1n) is 5.46. The molecule has 2 unspecified atom stereocenters. The molecule has 0 aromatic carbocycles. The summed E-state index contributed by atoms with van der Waals surface area (Å²) in [6.07, 6.45) is 7.62. The third-order valence-corrected chi connectivity index (χ3v) is 2.47. The Morgan fingerprint density at radius 1 is 0.917 bits per heavy atom. The molecule has 0 rings (SSSR count). The van der Waals surface area contributed by atoms with Gasteiger partial charge >= 0.3 is 0 Å². The van der Waals surface area contributed by atoms with E-state index in [9.17, 15) is 0 Å². The van der Waals surface area contributed by atoms with Crippen LogP contribution < -0.4 is 5.73 Å². The highest BCUT2D eigenvalue weighted by atomic mass is 14.6. The van der Waals surface area contributed by atoms with E-state index in [-0.39, 0.29) is 0 Å². The van der Waals surface area contributed by atoms with Gasteiger partial charge in [0.25, 0.3) is 0 Å². The van der Waals surface area contributed by atoms with E-state index < -0.39 is 0 Å². The van der Waals surface area contributed by atoms with Crippen LogP contribution >= 0.6 is 0 Å². The molecule has 0 aliphatic rings. The fraction of sp³-hybridized carbons (Fsp3) is 1.00. The van der Waals surface area contributed by atoms with E-state index in [1.165, 1.54) is 38.5 Å². The minimum absolute atomic E-state index is 0.453. The lowest BCUT2D eigenvalue weighted by molar-refractivity contribution is 0.428. The molecule has 1 nitrogen and oxygen atoms in total. The van der Waals surface area contributed by atoms with Crippen molar-refractivity contribution in [2.45, 2.75) is 65.3 Å². The Bertz CT molecular complexity index is 79.0. The lowest BCUT2D eigenvalue weighted by atomic mass is 9.96. The van der Waals surface area contributed by atoms with Crippen molar-refractivity contribution < 1.29 is 0 Å². The van der Waals surface area contributed by atoms with Crippen LogP contribution in [-0.4, -0.2) is 6.04 Å². The van der Waals surface area contributed by atoms with Crippen LogP contribution in [0.3, 0.4) is 0 Å². The van der Waals surface area contributed by atoms with Gasteiger partial charge in [-0.25, -0.2) is 0 Å². The number of rotatable bonds is 7. The Morgan fingerprint density at radius 2 is 1.50 bits per heavy atom. The van der Waals surface area contributed by atoms with E-state index in [0.29, 0.717) is 6.04 Å². The molecule has 12 heavy (non-hydrogen) atoms. The SMILES string of the molecule is CCCC(C)CCC(N)CCC. The van der Waals surface area contributed by atoms with Gasteiger partial charge in [0.2, 0.25) is 0 Å². The van der Waals surface area contributed by atoms with Crippen molar-refractivity contribution in [3.05, 3.63) is 0 Å². The van der Waals surface area contributed by atoms with Crippen molar-refractivity contribution in [3.63, 3.8) is 0 Å². The van der Waals surface area contributed by atoms with Gasteiger partial charge in [0.05, 0.1) is 0 Å². The van der Waals surface area contributed by atoms with Crippen molar-refractivity contribution >= 4 is 0 Å². The summed E-state index contributed by atoms with van der Waals surface area (Å²) in [4.78, 5) is 0. The molecule has 1 heteroatoms. The summed E-state index contributed by atoms with van der Waals surface area (Å²) in [7, 11) is 0. The van der Waals surface area contributed by atoms with Gasteiger partial charge in [-0.05, 0) is 25.2 Å². The van der Waals surface area contributed by atoms with Crippen LogP contribution in [0, 0.1) is 5.92 Å². The van der Waals surface area contributed by atoms with Gasteiger partial charge in [-0.1, -0.05) is 40.0 Å². The third-order valence-electron chi connectivity index (χ3n) is 2.47. The second kappa shape index (κ2) is 7.60. The number of hydrogen-bond donors (Lipinski definition) is 1. The van der Waals surface area contributed by atoms with Gasteiger partial charge in [-0.15, -0.1) is 0 Å². The van der Waals surface area contributed by atoms with Gasteiger partial charge in [-0.2, -0.15) is 0 Å². The second-order valence-electron chi connectivity index (χ2n) is 4.02. The van der Waals surface area contributed by atoms with E-state index in [1.54, 1.807) is 0 Å². The van der Waals surface area contributed by atoms with E-state index >= 15 is 0 Å². The van der Waals surface area contributed by atoms with E-state index in [2.05, 4.69) is 20.8 Å². The molecule has 2 N–H and O–H groups in total. The molecule has 0 aromatic rings. The Kier molecular flexibility index (Phi) is 7.58. The van der Waals surface area contributed by atoms with Crippen LogP contribution in [0.15, 0.2) is 0 Å². The molecule has 0 heterocycles. The number of nitrogens with two attached hydrogens (primary N) is 1. The van der Waals surface area contributed by atoms with Crippen LogP contribution in [0.2, 0.25) is 0 Å². The summed E-state index contributed by atoms with van der Waals surface area (Å²) in [5, 5.41) is 0. The minimum Gasteiger partial charge on any atom is -0.328 e. The highest BCUT2D eigenvalue weighted by Gasteiger charge is 2.04. The zero-order valence-corrected chi connectivity index (χ0v) is 8.97. The molecule has 0 aliphatic carbocycles. The van der Waals surface area contributed by atoms with E-state index in [0.717, 1.165) is 5.92 Å².